The van der Waals surface area contributed by atoms with Gasteiger partial charge in [-0.3, -0.25) is 14.5 Å². The summed E-state index contributed by atoms with van der Waals surface area (Å²) >= 11 is 0. The zero-order valence-electron chi connectivity index (χ0n) is 13.1. The maximum Gasteiger partial charge on any atom is 0.233 e. The van der Waals surface area contributed by atoms with E-state index < -0.39 is 6.10 Å². The summed E-state index contributed by atoms with van der Waals surface area (Å²) in [7, 11) is 0. The Morgan fingerprint density at radius 1 is 1.13 bits per heavy atom. The summed E-state index contributed by atoms with van der Waals surface area (Å²) in [5, 5.41) is 10.1. The number of hydrogen-bond donors (Lipinski definition) is 1. The Morgan fingerprint density at radius 3 is 2.26 bits per heavy atom. The van der Waals surface area contributed by atoms with Gasteiger partial charge in [-0.05, 0) is 31.9 Å². The van der Waals surface area contributed by atoms with Crippen LogP contribution < -0.4 is 4.74 Å². The fourth-order valence-electron chi connectivity index (χ4n) is 3.14. The van der Waals surface area contributed by atoms with Crippen molar-refractivity contribution in [1.29, 1.82) is 0 Å². The van der Waals surface area contributed by atoms with Crippen LogP contribution in [0.3, 0.4) is 0 Å². The summed E-state index contributed by atoms with van der Waals surface area (Å²) in [4.78, 5) is 25.8. The molecule has 3 rings (SSSR count). The molecule has 23 heavy (non-hydrogen) atoms. The van der Waals surface area contributed by atoms with Crippen LogP contribution in [0.15, 0.2) is 36.4 Å². The quantitative estimate of drug-likeness (QED) is 0.663. The molecular formula is C18H21NO4. The minimum atomic E-state index is -0.891. The monoisotopic (exact) mass is 315 g/mol. The third kappa shape index (κ3) is 3.29. The molecule has 5 nitrogen and oxygen atoms in total. The van der Waals surface area contributed by atoms with Crippen LogP contribution in [0, 0.1) is 18.8 Å². The van der Waals surface area contributed by atoms with E-state index in [4.69, 9.17) is 4.74 Å². The van der Waals surface area contributed by atoms with Gasteiger partial charge in [0.1, 0.15) is 18.5 Å². The van der Waals surface area contributed by atoms with E-state index >= 15 is 0 Å². The lowest BCUT2D eigenvalue weighted by molar-refractivity contribution is -0.141. The number of rotatable bonds is 5. The number of likely N-dealkylation sites (tertiary alicyclic amines) is 1. The van der Waals surface area contributed by atoms with Gasteiger partial charge in [0.2, 0.25) is 11.8 Å². The van der Waals surface area contributed by atoms with Gasteiger partial charge in [-0.25, -0.2) is 0 Å². The van der Waals surface area contributed by atoms with Gasteiger partial charge in [0.25, 0.3) is 0 Å². The van der Waals surface area contributed by atoms with Crippen LogP contribution in [0.2, 0.25) is 0 Å². The van der Waals surface area contributed by atoms with E-state index in [-0.39, 0.29) is 36.8 Å². The molecule has 1 saturated heterocycles. The van der Waals surface area contributed by atoms with Crippen molar-refractivity contribution in [2.45, 2.75) is 25.9 Å². The number of allylic oxidation sites excluding steroid dienone is 2. The number of nitrogens with zero attached hydrogens (tertiary/aromatic N) is 1. The molecule has 1 aliphatic heterocycles. The van der Waals surface area contributed by atoms with Gasteiger partial charge >= 0.3 is 0 Å². The summed E-state index contributed by atoms with van der Waals surface area (Å²) in [5.74, 6) is -0.181. The van der Waals surface area contributed by atoms with Crippen molar-refractivity contribution in [3.63, 3.8) is 0 Å². The number of carbonyl (C=O) groups excluding carboxylic acids is 2. The first-order chi connectivity index (χ1) is 11.1. The predicted molar refractivity (Wildman–Crippen MR) is 84.8 cm³/mol. The Labute approximate surface area is 135 Å². The number of imide groups is 1. The molecule has 122 valence electrons. The second kappa shape index (κ2) is 6.54. The molecule has 1 heterocycles. The predicted octanol–water partition coefficient (Wildman–Crippen LogP) is 1.69. The van der Waals surface area contributed by atoms with Gasteiger partial charge in [-0.15, -0.1) is 0 Å². The van der Waals surface area contributed by atoms with Gasteiger partial charge in [0.05, 0.1) is 18.4 Å². The number of aliphatic hydroxyl groups is 1. The Balaban J connectivity index is 1.55. The zero-order valence-corrected chi connectivity index (χ0v) is 13.1. The zero-order chi connectivity index (χ0) is 16.4. The van der Waals surface area contributed by atoms with Crippen LogP contribution in [-0.2, 0) is 9.59 Å². The van der Waals surface area contributed by atoms with Gasteiger partial charge in [-0.1, -0.05) is 29.8 Å². The Kier molecular flexibility index (Phi) is 4.48. The Hall–Kier alpha value is -2.14. The van der Waals surface area contributed by atoms with Gasteiger partial charge in [-0.2, -0.15) is 0 Å². The normalized spacial score (nSPS) is 24.7. The molecule has 0 spiro atoms. The lowest BCUT2D eigenvalue weighted by Gasteiger charge is -2.19. The molecule has 0 unspecified atom stereocenters. The van der Waals surface area contributed by atoms with E-state index in [1.807, 2.05) is 43.3 Å². The molecule has 0 aromatic heterocycles. The summed E-state index contributed by atoms with van der Waals surface area (Å²) in [6.45, 7) is 2.03. The summed E-state index contributed by atoms with van der Waals surface area (Å²) < 4.78 is 5.51. The maximum atomic E-state index is 12.3. The SMILES string of the molecule is Cc1ccc(OC[C@H](O)CN2C(=O)[C@@H]3CC=CC[C@H]3C2=O)cc1. The van der Waals surface area contributed by atoms with E-state index in [1.54, 1.807) is 0 Å². The van der Waals surface area contributed by atoms with Gasteiger partial charge < -0.3 is 9.84 Å². The van der Waals surface area contributed by atoms with Crippen molar-refractivity contribution in [1.82, 2.24) is 4.90 Å². The molecule has 0 bridgehead atoms. The van der Waals surface area contributed by atoms with E-state index in [0.29, 0.717) is 18.6 Å². The first kappa shape index (κ1) is 15.7. The lowest BCUT2D eigenvalue weighted by atomic mass is 9.85. The highest BCUT2D eigenvalue weighted by molar-refractivity contribution is 6.05. The van der Waals surface area contributed by atoms with Crippen molar-refractivity contribution < 1.29 is 19.4 Å². The topological polar surface area (TPSA) is 66.8 Å². The molecule has 1 aliphatic carbocycles. The third-order valence-electron chi connectivity index (χ3n) is 4.46. The summed E-state index contributed by atoms with van der Waals surface area (Å²) in [6.07, 6.45) is 4.24. The van der Waals surface area contributed by atoms with E-state index in [0.717, 1.165) is 5.56 Å². The minimum Gasteiger partial charge on any atom is -0.491 e. The van der Waals surface area contributed by atoms with Crippen LogP contribution in [-0.4, -0.2) is 41.1 Å². The highest BCUT2D eigenvalue weighted by Crippen LogP contribution is 2.35. The van der Waals surface area contributed by atoms with Crippen LogP contribution in [0.5, 0.6) is 5.75 Å². The molecular weight excluding hydrogens is 294 g/mol. The van der Waals surface area contributed by atoms with Crippen molar-refractivity contribution in [2.75, 3.05) is 13.2 Å². The third-order valence-corrected chi connectivity index (χ3v) is 4.46. The van der Waals surface area contributed by atoms with E-state index in [9.17, 15) is 14.7 Å². The molecule has 2 amide bonds. The molecule has 2 aliphatic rings. The number of carbonyl (C=O) groups is 2. The van der Waals surface area contributed by atoms with Gasteiger partial charge in [0.15, 0.2) is 0 Å². The van der Waals surface area contributed by atoms with Crippen LogP contribution in [0.4, 0.5) is 0 Å². The number of amides is 2. The average Bonchev–Trinajstić information content (AvgIpc) is 2.80. The largest absolute Gasteiger partial charge is 0.491 e. The summed E-state index contributed by atoms with van der Waals surface area (Å²) in [6, 6.07) is 7.50. The number of β-amino-alcohol motifs (C(OH)–C–C–N with tert-alkyl or cyclic N) is 1. The van der Waals surface area contributed by atoms with Crippen molar-refractivity contribution in [3.05, 3.63) is 42.0 Å². The number of fused-ring (bicyclic) bond motifs is 1. The highest BCUT2D eigenvalue weighted by atomic mass is 16.5. The molecule has 1 fully saturated rings. The fourth-order valence-corrected chi connectivity index (χ4v) is 3.14. The van der Waals surface area contributed by atoms with E-state index in [1.165, 1.54) is 4.90 Å². The summed E-state index contributed by atoms with van der Waals surface area (Å²) in [5.41, 5.74) is 1.13. The lowest BCUT2D eigenvalue weighted by Crippen LogP contribution is -2.40. The van der Waals surface area contributed by atoms with Crippen LogP contribution in [0.1, 0.15) is 18.4 Å². The fraction of sp³-hybridized carbons (Fsp3) is 0.444. The smallest absolute Gasteiger partial charge is 0.233 e. The van der Waals surface area contributed by atoms with E-state index in [2.05, 4.69) is 0 Å². The van der Waals surface area contributed by atoms with Crippen LogP contribution in [0.25, 0.3) is 0 Å². The number of aryl methyl sites for hydroxylation is 1. The second-order valence-corrected chi connectivity index (χ2v) is 6.22. The van der Waals surface area contributed by atoms with Crippen LogP contribution >= 0.6 is 0 Å². The molecule has 1 aromatic rings. The van der Waals surface area contributed by atoms with Crippen molar-refractivity contribution in [2.24, 2.45) is 11.8 Å². The molecule has 1 N–H and O–H groups in total. The average molecular weight is 315 g/mol. The molecule has 1 aromatic carbocycles. The molecule has 0 saturated carbocycles. The number of benzene rings is 1. The van der Waals surface area contributed by atoms with Crippen molar-refractivity contribution >= 4 is 11.8 Å². The number of hydrogen-bond acceptors (Lipinski definition) is 4. The minimum absolute atomic E-state index is 0.00344. The second-order valence-electron chi connectivity index (χ2n) is 6.22. The molecule has 0 radical (unpaired) electrons. The highest BCUT2D eigenvalue weighted by Gasteiger charge is 2.47. The maximum absolute atomic E-state index is 12.3. The number of aliphatic hydroxyl groups excluding tert-OH is 1. The first-order valence-corrected chi connectivity index (χ1v) is 7.94. The molecule has 5 heteroatoms. The standard InChI is InChI=1S/C18H21NO4/c1-12-6-8-14(9-7-12)23-11-13(20)10-19-17(21)15-4-2-3-5-16(15)18(19)22/h2-3,6-9,13,15-16,20H,4-5,10-11H2,1H3/t13-,15-,16-/m1/s1. The first-order valence-electron chi connectivity index (χ1n) is 7.94. The van der Waals surface area contributed by atoms with Gasteiger partial charge in [0, 0.05) is 0 Å². The Morgan fingerprint density at radius 2 is 1.70 bits per heavy atom. The number of ether oxygens (including phenoxy) is 1. The van der Waals surface area contributed by atoms with Crippen molar-refractivity contribution in [3.8, 4) is 5.75 Å². The Bertz CT molecular complexity index is 596. The molecule has 3 atom stereocenters.